The SMILES string of the molecule is C=C(C)C(=O)OCOc1ccc2cc(-c3cc(CC)cn3CCCC)oc2c1. The second kappa shape index (κ2) is 8.83. The van der Waals surface area contributed by atoms with Gasteiger partial charge in [-0.05, 0) is 49.6 Å². The van der Waals surface area contributed by atoms with E-state index in [-0.39, 0.29) is 6.79 Å². The number of hydrogen-bond acceptors (Lipinski definition) is 4. The van der Waals surface area contributed by atoms with Gasteiger partial charge in [0.05, 0.1) is 5.69 Å². The van der Waals surface area contributed by atoms with E-state index < -0.39 is 5.97 Å². The number of aryl methyl sites for hydroxylation is 2. The van der Waals surface area contributed by atoms with E-state index in [0.717, 1.165) is 48.2 Å². The number of nitrogens with zero attached hydrogens (tertiary/aromatic N) is 1. The van der Waals surface area contributed by atoms with Gasteiger partial charge < -0.3 is 18.5 Å². The molecular weight excluding hydrogens is 354 g/mol. The van der Waals surface area contributed by atoms with E-state index in [2.05, 4.69) is 43.3 Å². The number of furan rings is 1. The number of aromatic nitrogens is 1. The first kappa shape index (κ1) is 19.8. The maximum Gasteiger partial charge on any atom is 0.335 e. The minimum atomic E-state index is -0.471. The molecule has 0 unspecified atom stereocenters. The Morgan fingerprint density at radius 2 is 2.04 bits per heavy atom. The summed E-state index contributed by atoms with van der Waals surface area (Å²) in [5, 5.41) is 1.00. The summed E-state index contributed by atoms with van der Waals surface area (Å²) in [7, 11) is 0. The van der Waals surface area contributed by atoms with Crippen molar-refractivity contribution >= 4 is 16.9 Å². The highest BCUT2D eigenvalue weighted by atomic mass is 16.7. The van der Waals surface area contributed by atoms with Crippen molar-refractivity contribution in [2.75, 3.05) is 6.79 Å². The van der Waals surface area contributed by atoms with E-state index in [1.807, 2.05) is 18.2 Å². The van der Waals surface area contributed by atoms with Gasteiger partial charge in [-0.25, -0.2) is 4.79 Å². The Morgan fingerprint density at radius 1 is 1.21 bits per heavy atom. The van der Waals surface area contributed by atoms with Gasteiger partial charge in [0, 0.05) is 29.8 Å². The molecule has 0 saturated carbocycles. The Balaban J connectivity index is 1.80. The number of hydrogen-bond donors (Lipinski definition) is 0. The Kier molecular flexibility index (Phi) is 6.24. The molecule has 0 aliphatic heterocycles. The standard InChI is InChI=1S/C23H27NO4/c1-5-7-10-24-14-17(6-2)11-20(24)22-12-18-8-9-19(13-21(18)28-22)26-15-27-23(25)16(3)4/h8-9,11-14H,3,5-7,10,15H2,1-2,4H3. The van der Waals surface area contributed by atoms with Crippen molar-refractivity contribution in [3.8, 4) is 17.2 Å². The number of carbonyl (C=O) groups is 1. The third-order valence-corrected chi connectivity index (χ3v) is 4.62. The van der Waals surface area contributed by atoms with Gasteiger partial charge in [-0.1, -0.05) is 26.8 Å². The van der Waals surface area contributed by atoms with Gasteiger partial charge in [0.1, 0.15) is 11.3 Å². The molecule has 5 nitrogen and oxygen atoms in total. The van der Waals surface area contributed by atoms with E-state index >= 15 is 0 Å². The van der Waals surface area contributed by atoms with E-state index in [9.17, 15) is 4.79 Å². The van der Waals surface area contributed by atoms with Crippen LogP contribution in [0.25, 0.3) is 22.4 Å². The number of unbranched alkanes of at least 4 members (excludes halogenated alkanes) is 1. The monoisotopic (exact) mass is 381 g/mol. The van der Waals surface area contributed by atoms with Crippen LogP contribution in [-0.4, -0.2) is 17.3 Å². The maximum absolute atomic E-state index is 11.4. The van der Waals surface area contributed by atoms with Gasteiger partial charge in [-0.3, -0.25) is 0 Å². The maximum atomic E-state index is 11.4. The summed E-state index contributed by atoms with van der Waals surface area (Å²) in [6.07, 6.45) is 5.48. The lowest BCUT2D eigenvalue weighted by Crippen LogP contribution is -2.10. The number of rotatable bonds is 9. The molecule has 0 N–H and O–H groups in total. The zero-order valence-electron chi connectivity index (χ0n) is 16.8. The molecule has 2 heterocycles. The second-order valence-corrected chi connectivity index (χ2v) is 6.92. The second-order valence-electron chi connectivity index (χ2n) is 6.92. The topological polar surface area (TPSA) is 53.6 Å². The van der Waals surface area contributed by atoms with Crippen molar-refractivity contribution < 1.29 is 18.7 Å². The van der Waals surface area contributed by atoms with Gasteiger partial charge in [0.15, 0.2) is 5.76 Å². The lowest BCUT2D eigenvalue weighted by Gasteiger charge is -2.07. The van der Waals surface area contributed by atoms with Crippen LogP contribution >= 0.6 is 0 Å². The van der Waals surface area contributed by atoms with Gasteiger partial charge in [0.2, 0.25) is 6.79 Å². The third-order valence-electron chi connectivity index (χ3n) is 4.62. The Morgan fingerprint density at radius 3 is 2.75 bits per heavy atom. The molecule has 0 spiro atoms. The Hall–Kier alpha value is -2.95. The van der Waals surface area contributed by atoms with E-state index in [4.69, 9.17) is 13.9 Å². The molecule has 0 amide bonds. The van der Waals surface area contributed by atoms with Crippen molar-refractivity contribution in [2.24, 2.45) is 0 Å². The molecule has 0 atom stereocenters. The number of esters is 1. The number of ether oxygens (including phenoxy) is 2. The fourth-order valence-electron chi connectivity index (χ4n) is 2.99. The zero-order chi connectivity index (χ0) is 20.1. The summed E-state index contributed by atoms with van der Waals surface area (Å²) >= 11 is 0. The average Bonchev–Trinajstić information content (AvgIpc) is 3.29. The third kappa shape index (κ3) is 4.47. The van der Waals surface area contributed by atoms with Crippen LogP contribution in [-0.2, 0) is 22.5 Å². The first-order chi connectivity index (χ1) is 13.5. The molecular formula is C23H27NO4. The first-order valence-electron chi connectivity index (χ1n) is 9.70. The van der Waals surface area contributed by atoms with Crippen molar-refractivity contribution in [1.29, 1.82) is 0 Å². The van der Waals surface area contributed by atoms with Gasteiger partial charge in [0.25, 0.3) is 0 Å². The van der Waals surface area contributed by atoms with Gasteiger partial charge >= 0.3 is 5.97 Å². The number of benzene rings is 1. The summed E-state index contributed by atoms with van der Waals surface area (Å²) in [6.45, 7) is 10.3. The fourth-order valence-corrected chi connectivity index (χ4v) is 2.99. The van der Waals surface area contributed by atoms with E-state index in [0.29, 0.717) is 11.3 Å². The summed E-state index contributed by atoms with van der Waals surface area (Å²) in [5.74, 6) is 0.955. The highest BCUT2D eigenvalue weighted by molar-refractivity contribution is 5.87. The minimum absolute atomic E-state index is 0.162. The van der Waals surface area contributed by atoms with Crippen LogP contribution in [0.5, 0.6) is 5.75 Å². The van der Waals surface area contributed by atoms with Crippen LogP contribution in [0.15, 0.2) is 53.1 Å². The lowest BCUT2D eigenvalue weighted by atomic mass is 10.2. The minimum Gasteiger partial charge on any atom is -0.457 e. The highest BCUT2D eigenvalue weighted by Gasteiger charge is 2.13. The predicted molar refractivity (Wildman–Crippen MR) is 110 cm³/mol. The molecule has 5 heteroatoms. The number of fused-ring (bicyclic) bond motifs is 1. The van der Waals surface area contributed by atoms with Crippen LogP contribution in [0.2, 0.25) is 0 Å². The van der Waals surface area contributed by atoms with Crippen molar-refractivity contribution in [3.63, 3.8) is 0 Å². The molecule has 3 aromatic rings. The van der Waals surface area contributed by atoms with Crippen LogP contribution in [0.3, 0.4) is 0 Å². The van der Waals surface area contributed by atoms with Crippen LogP contribution < -0.4 is 4.74 Å². The molecule has 0 aliphatic carbocycles. The van der Waals surface area contributed by atoms with Crippen LogP contribution in [0.1, 0.15) is 39.2 Å². The molecule has 148 valence electrons. The van der Waals surface area contributed by atoms with Crippen LogP contribution in [0.4, 0.5) is 0 Å². The highest BCUT2D eigenvalue weighted by Crippen LogP contribution is 2.31. The van der Waals surface area contributed by atoms with Crippen molar-refractivity contribution in [1.82, 2.24) is 4.57 Å². The van der Waals surface area contributed by atoms with E-state index in [1.165, 1.54) is 5.56 Å². The molecule has 0 fully saturated rings. The molecule has 0 saturated heterocycles. The quantitative estimate of drug-likeness (QED) is 0.270. The zero-order valence-corrected chi connectivity index (χ0v) is 16.8. The summed E-state index contributed by atoms with van der Waals surface area (Å²) in [6, 6.07) is 9.84. The summed E-state index contributed by atoms with van der Waals surface area (Å²) in [4.78, 5) is 11.4. The molecule has 2 aromatic heterocycles. The molecule has 28 heavy (non-hydrogen) atoms. The van der Waals surface area contributed by atoms with Crippen LogP contribution in [0, 0.1) is 0 Å². The largest absolute Gasteiger partial charge is 0.457 e. The predicted octanol–water partition coefficient (Wildman–Crippen LogP) is 5.72. The van der Waals surface area contributed by atoms with E-state index in [1.54, 1.807) is 6.92 Å². The number of carbonyl (C=O) groups excluding carboxylic acids is 1. The Labute approximate surface area is 165 Å². The Bertz CT molecular complexity index is 980. The molecule has 1 aromatic carbocycles. The lowest BCUT2D eigenvalue weighted by molar-refractivity contribution is -0.145. The first-order valence-corrected chi connectivity index (χ1v) is 9.70. The fraction of sp³-hybridized carbons (Fsp3) is 0.348. The molecule has 3 rings (SSSR count). The van der Waals surface area contributed by atoms with Gasteiger partial charge in [-0.15, -0.1) is 0 Å². The average molecular weight is 381 g/mol. The normalized spacial score (nSPS) is 11.0. The van der Waals surface area contributed by atoms with Gasteiger partial charge in [-0.2, -0.15) is 0 Å². The van der Waals surface area contributed by atoms with Crippen molar-refractivity contribution in [3.05, 3.63) is 54.2 Å². The summed E-state index contributed by atoms with van der Waals surface area (Å²) in [5.41, 5.74) is 3.47. The van der Waals surface area contributed by atoms with Crippen molar-refractivity contribution in [2.45, 2.75) is 46.6 Å². The molecule has 0 bridgehead atoms. The summed E-state index contributed by atoms with van der Waals surface area (Å²) < 4.78 is 18.9. The molecule has 0 radical (unpaired) electrons. The smallest absolute Gasteiger partial charge is 0.335 e. The molecule has 0 aliphatic rings.